The van der Waals surface area contributed by atoms with Gasteiger partial charge < -0.3 is 4.74 Å². The molecule has 0 saturated carbocycles. The van der Waals surface area contributed by atoms with Gasteiger partial charge in [0.1, 0.15) is 5.60 Å². The minimum Gasteiger partial charge on any atom is -0.444 e. The van der Waals surface area contributed by atoms with Crippen LogP contribution in [0.4, 0.5) is 10.5 Å². The Hall–Kier alpha value is -2.20. The molecule has 0 atom stereocenters. The van der Waals surface area contributed by atoms with E-state index in [1.54, 1.807) is 45.0 Å². The number of carbonyl (C=O) groups excluding carboxylic acids is 1. The third-order valence-corrected chi connectivity index (χ3v) is 1.92. The van der Waals surface area contributed by atoms with Gasteiger partial charge in [0.2, 0.25) is 0 Å². The molecule has 1 rings (SSSR count). The van der Waals surface area contributed by atoms with Crippen LogP contribution in [-0.2, 0) is 11.3 Å². The lowest BCUT2D eigenvalue weighted by atomic mass is 10.2. The van der Waals surface area contributed by atoms with Gasteiger partial charge in [-0.3, -0.25) is 5.32 Å². The lowest BCUT2D eigenvalue weighted by Gasteiger charge is -2.19. The predicted molar refractivity (Wildman–Crippen MR) is 69.1 cm³/mol. The highest BCUT2D eigenvalue weighted by atomic mass is 16.6. The zero-order valence-electron chi connectivity index (χ0n) is 10.7. The Labute approximate surface area is 106 Å². The molecule has 0 saturated heterocycles. The monoisotopic (exact) mass is 248 g/mol. The summed E-state index contributed by atoms with van der Waals surface area (Å²) < 4.78 is 5.12. The fourth-order valence-corrected chi connectivity index (χ4v) is 1.23. The van der Waals surface area contributed by atoms with E-state index >= 15 is 0 Å². The summed E-state index contributed by atoms with van der Waals surface area (Å²) in [6.45, 7) is 5.70. The summed E-state index contributed by atoms with van der Waals surface area (Å²) in [6.07, 6.45) is -0.495. The van der Waals surface area contributed by atoms with E-state index in [4.69, 9.17) is 10.3 Å². The number of azide groups is 1. The van der Waals surface area contributed by atoms with Gasteiger partial charge in [-0.05, 0) is 44.0 Å². The molecule has 6 heteroatoms. The number of benzene rings is 1. The van der Waals surface area contributed by atoms with Crippen molar-refractivity contribution >= 4 is 11.8 Å². The third-order valence-electron chi connectivity index (χ3n) is 1.92. The highest BCUT2D eigenvalue weighted by molar-refractivity contribution is 5.84. The van der Waals surface area contributed by atoms with Crippen molar-refractivity contribution in [3.8, 4) is 0 Å². The van der Waals surface area contributed by atoms with Crippen LogP contribution in [0.3, 0.4) is 0 Å². The molecule has 0 aromatic heterocycles. The molecule has 1 aromatic carbocycles. The van der Waals surface area contributed by atoms with Crippen molar-refractivity contribution in [3.63, 3.8) is 0 Å². The van der Waals surface area contributed by atoms with Crippen molar-refractivity contribution < 1.29 is 9.53 Å². The summed E-state index contributed by atoms with van der Waals surface area (Å²) in [6, 6.07) is 7.01. The Morgan fingerprint density at radius 2 is 2.00 bits per heavy atom. The number of hydrogen-bond acceptors (Lipinski definition) is 3. The van der Waals surface area contributed by atoms with Gasteiger partial charge in [0, 0.05) is 10.6 Å². The number of hydrogen-bond donors (Lipinski definition) is 1. The number of nitrogens with zero attached hydrogens (tertiary/aromatic N) is 3. The topological polar surface area (TPSA) is 87.1 Å². The average Bonchev–Trinajstić information content (AvgIpc) is 2.25. The first-order chi connectivity index (χ1) is 8.40. The number of nitrogens with one attached hydrogen (secondary N) is 1. The van der Waals surface area contributed by atoms with Gasteiger partial charge >= 0.3 is 6.09 Å². The Balaban J connectivity index is 2.58. The van der Waals surface area contributed by atoms with Crippen LogP contribution in [0.2, 0.25) is 0 Å². The molecular formula is C12H16N4O2. The Bertz CT molecular complexity index is 456. The summed E-state index contributed by atoms with van der Waals surface area (Å²) in [5, 5.41) is 6.07. The lowest BCUT2D eigenvalue weighted by molar-refractivity contribution is 0.0636. The molecule has 0 aliphatic rings. The van der Waals surface area contributed by atoms with E-state index in [2.05, 4.69) is 15.3 Å². The van der Waals surface area contributed by atoms with Crippen molar-refractivity contribution in [2.24, 2.45) is 5.11 Å². The second kappa shape index (κ2) is 5.93. The van der Waals surface area contributed by atoms with Crippen LogP contribution in [0.5, 0.6) is 0 Å². The number of carbonyl (C=O) groups is 1. The SMILES string of the molecule is CC(C)(C)OC(=O)Nc1ccc(CN=[N+]=[N-])cc1. The maximum absolute atomic E-state index is 11.5. The van der Waals surface area contributed by atoms with Crippen LogP contribution in [0, 0.1) is 0 Å². The molecule has 0 radical (unpaired) electrons. The largest absolute Gasteiger partial charge is 0.444 e. The molecule has 0 heterocycles. The van der Waals surface area contributed by atoms with Crippen LogP contribution in [0.1, 0.15) is 26.3 Å². The van der Waals surface area contributed by atoms with Crippen LogP contribution >= 0.6 is 0 Å². The van der Waals surface area contributed by atoms with Gasteiger partial charge in [-0.1, -0.05) is 17.2 Å². The van der Waals surface area contributed by atoms with Gasteiger partial charge in [0.15, 0.2) is 0 Å². The van der Waals surface area contributed by atoms with Gasteiger partial charge in [-0.2, -0.15) is 0 Å². The summed E-state index contributed by atoms with van der Waals surface area (Å²) >= 11 is 0. The summed E-state index contributed by atoms with van der Waals surface area (Å²) in [4.78, 5) is 14.2. The first kappa shape index (κ1) is 13.9. The Kier molecular flexibility index (Phi) is 4.57. The quantitative estimate of drug-likeness (QED) is 0.500. The van der Waals surface area contributed by atoms with E-state index in [1.807, 2.05) is 0 Å². The Morgan fingerprint density at radius 1 is 1.39 bits per heavy atom. The molecule has 0 bridgehead atoms. The number of ether oxygens (including phenoxy) is 1. The van der Waals surface area contributed by atoms with Crippen molar-refractivity contribution in [2.75, 3.05) is 5.32 Å². The Morgan fingerprint density at radius 3 is 2.50 bits per heavy atom. The molecule has 0 unspecified atom stereocenters. The first-order valence-corrected chi connectivity index (χ1v) is 5.50. The van der Waals surface area contributed by atoms with Crippen LogP contribution < -0.4 is 5.32 Å². The smallest absolute Gasteiger partial charge is 0.412 e. The standard InChI is InChI=1S/C12H16N4O2/c1-12(2,3)18-11(17)15-10-6-4-9(5-7-10)8-14-16-13/h4-7H,8H2,1-3H3,(H,15,17). The molecule has 1 aromatic rings. The van der Waals surface area contributed by atoms with Gasteiger partial charge in [0.25, 0.3) is 0 Å². The van der Waals surface area contributed by atoms with E-state index in [-0.39, 0.29) is 0 Å². The van der Waals surface area contributed by atoms with Gasteiger partial charge in [-0.15, -0.1) is 0 Å². The van der Waals surface area contributed by atoms with E-state index in [0.717, 1.165) is 5.56 Å². The maximum Gasteiger partial charge on any atom is 0.412 e. The summed E-state index contributed by atoms with van der Waals surface area (Å²) in [5.41, 5.74) is 9.18. The van der Waals surface area contributed by atoms with E-state index < -0.39 is 11.7 Å². The second-order valence-corrected chi connectivity index (χ2v) is 4.71. The first-order valence-electron chi connectivity index (χ1n) is 5.50. The average molecular weight is 248 g/mol. The van der Waals surface area contributed by atoms with E-state index in [0.29, 0.717) is 12.2 Å². The van der Waals surface area contributed by atoms with Crippen molar-refractivity contribution in [2.45, 2.75) is 32.9 Å². The molecule has 1 N–H and O–H groups in total. The summed E-state index contributed by atoms with van der Waals surface area (Å²) in [5.74, 6) is 0. The second-order valence-electron chi connectivity index (χ2n) is 4.71. The van der Waals surface area contributed by atoms with Gasteiger partial charge in [0.05, 0.1) is 6.54 Å². The number of rotatable bonds is 3. The molecule has 18 heavy (non-hydrogen) atoms. The molecule has 0 aliphatic carbocycles. The zero-order chi connectivity index (χ0) is 13.6. The van der Waals surface area contributed by atoms with Crippen molar-refractivity contribution in [1.29, 1.82) is 0 Å². The number of amides is 1. The van der Waals surface area contributed by atoms with E-state index in [1.165, 1.54) is 0 Å². The fourth-order valence-electron chi connectivity index (χ4n) is 1.23. The maximum atomic E-state index is 11.5. The highest BCUT2D eigenvalue weighted by Crippen LogP contribution is 2.13. The predicted octanol–water partition coefficient (Wildman–Crippen LogP) is 3.84. The van der Waals surface area contributed by atoms with Crippen LogP contribution in [-0.4, -0.2) is 11.7 Å². The molecule has 0 spiro atoms. The lowest BCUT2D eigenvalue weighted by Crippen LogP contribution is -2.27. The molecule has 6 nitrogen and oxygen atoms in total. The highest BCUT2D eigenvalue weighted by Gasteiger charge is 2.15. The van der Waals surface area contributed by atoms with Crippen LogP contribution in [0.15, 0.2) is 29.4 Å². The fraction of sp³-hybridized carbons (Fsp3) is 0.417. The minimum absolute atomic E-state index is 0.295. The number of anilines is 1. The van der Waals surface area contributed by atoms with Crippen molar-refractivity contribution in [1.82, 2.24) is 0 Å². The molecular weight excluding hydrogens is 232 g/mol. The van der Waals surface area contributed by atoms with Gasteiger partial charge in [-0.25, -0.2) is 4.79 Å². The molecule has 0 aliphatic heterocycles. The zero-order valence-corrected chi connectivity index (χ0v) is 10.7. The normalized spacial score (nSPS) is 10.4. The van der Waals surface area contributed by atoms with Crippen molar-refractivity contribution in [3.05, 3.63) is 40.3 Å². The molecule has 0 fully saturated rings. The molecule has 1 amide bonds. The minimum atomic E-state index is -0.522. The summed E-state index contributed by atoms with van der Waals surface area (Å²) in [7, 11) is 0. The van der Waals surface area contributed by atoms with E-state index in [9.17, 15) is 4.79 Å². The molecule has 96 valence electrons. The third kappa shape index (κ3) is 5.23. The van der Waals surface area contributed by atoms with Crippen LogP contribution in [0.25, 0.3) is 10.4 Å².